The summed E-state index contributed by atoms with van der Waals surface area (Å²) in [7, 11) is 0. The first kappa shape index (κ1) is 20.1. The quantitative estimate of drug-likeness (QED) is 0.646. The van der Waals surface area contributed by atoms with Crippen molar-refractivity contribution in [3.05, 3.63) is 42.5 Å². The molecule has 3 rings (SSSR count). The summed E-state index contributed by atoms with van der Waals surface area (Å²) >= 11 is 0. The van der Waals surface area contributed by atoms with Gasteiger partial charge in [0.05, 0.1) is 6.61 Å². The first-order valence-electron chi connectivity index (χ1n) is 8.94. The van der Waals surface area contributed by atoms with Crippen molar-refractivity contribution in [1.82, 2.24) is 5.32 Å². The van der Waals surface area contributed by atoms with Gasteiger partial charge < -0.3 is 29.7 Å². The molecular weight excluding hydrogens is 366 g/mol. The van der Waals surface area contributed by atoms with Crippen LogP contribution in [0.4, 0.5) is 0 Å². The van der Waals surface area contributed by atoms with Crippen molar-refractivity contribution in [2.75, 3.05) is 6.61 Å². The highest BCUT2D eigenvalue weighted by atomic mass is 16.7. The minimum absolute atomic E-state index is 0.410. The summed E-state index contributed by atoms with van der Waals surface area (Å²) in [6.07, 6.45) is -4.63. The molecule has 1 aliphatic heterocycles. The molecule has 0 aliphatic carbocycles. The Bertz CT molecular complexity index is 850. The maximum atomic E-state index is 11.7. The smallest absolute Gasteiger partial charge is 0.303 e. The standard InChI is InChI=1S/C20H23NO7/c1-11(23)21-17-19(26-12(2)24)18(25)16(10-22)28-20(17)27-15-9-5-7-13-6-3-4-8-14(13)15/h3-9,16-20,22,25H,10H2,1-2H3,(H,21,23)/t16-,17+,18-,19+,20-/m1/s1. The highest BCUT2D eigenvalue weighted by Gasteiger charge is 2.48. The van der Waals surface area contributed by atoms with Gasteiger partial charge in [-0.15, -0.1) is 0 Å². The van der Waals surface area contributed by atoms with Gasteiger partial charge in [-0.25, -0.2) is 0 Å². The zero-order valence-electron chi connectivity index (χ0n) is 15.6. The van der Waals surface area contributed by atoms with Gasteiger partial charge in [-0.3, -0.25) is 9.59 Å². The van der Waals surface area contributed by atoms with Crippen molar-refractivity contribution in [1.29, 1.82) is 0 Å². The number of esters is 1. The normalized spacial score (nSPS) is 27.2. The van der Waals surface area contributed by atoms with Crippen molar-refractivity contribution in [3.8, 4) is 5.75 Å². The molecule has 28 heavy (non-hydrogen) atoms. The molecule has 5 atom stereocenters. The molecule has 8 nitrogen and oxygen atoms in total. The molecule has 0 spiro atoms. The maximum absolute atomic E-state index is 11.7. The van der Waals surface area contributed by atoms with Crippen molar-refractivity contribution in [3.63, 3.8) is 0 Å². The van der Waals surface area contributed by atoms with Crippen molar-refractivity contribution in [2.45, 2.75) is 44.5 Å². The number of carbonyl (C=O) groups is 2. The van der Waals surface area contributed by atoms with Crippen molar-refractivity contribution in [2.24, 2.45) is 0 Å². The molecule has 1 fully saturated rings. The minimum atomic E-state index is -1.34. The molecule has 2 aromatic rings. The van der Waals surface area contributed by atoms with E-state index >= 15 is 0 Å². The van der Waals surface area contributed by atoms with Crippen LogP contribution < -0.4 is 10.1 Å². The van der Waals surface area contributed by atoms with Gasteiger partial charge in [-0.05, 0) is 11.5 Å². The van der Waals surface area contributed by atoms with Gasteiger partial charge in [0, 0.05) is 19.2 Å². The fraction of sp³-hybridized carbons (Fsp3) is 0.400. The van der Waals surface area contributed by atoms with Gasteiger partial charge in [0.25, 0.3) is 0 Å². The maximum Gasteiger partial charge on any atom is 0.303 e. The van der Waals surface area contributed by atoms with Gasteiger partial charge in [0.15, 0.2) is 6.10 Å². The summed E-state index contributed by atoms with van der Waals surface area (Å²) in [4.78, 5) is 23.3. The number of nitrogens with one attached hydrogen (secondary N) is 1. The summed E-state index contributed by atoms with van der Waals surface area (Å²) < 4.78 is 17.0. The fourth-order valence-corrected chi connectivity index (χ4v) is 3.31. The van der Waals surface area contributed by atoms with E-state index < -0.39 is 49.1 Å². The van der Waals surface area contributed by atoms with E-state index in [0.717, 1.165) is 10.8 Å². The zero-order valence-corrected chi connectivity index (χ0v) is 15.6. The first-order chi connectivity index (χ1) is 13.4. The average Bonchev–Trinajstić information content (AvgIpc) is 2.66. The topological polar surface area (TPSA) is 114 Å². The number of aliphatic hydroxyl groups excluding tert-OH is 2. The van der Waals surface area contributed by atoms with E-state index in [2.05, 4.69) is 5.32 Å². The van der Waals surface area contributed by atoms with Crippen LogP contribution in [0, 0.1) is 0 Å². The molecule has 1 heterocycles. The summed E-state index contributed by atoms with van der Waals surface area (Å²) in [5.74, 6) is -0.554. The minimum Gasteiger partial charge on any atom is -0.462 e. The van der Waals surface area contributed by atoms with Crippen LogP contribution in [-0.4, -0.2) is 59.3 Å². The van der Waals surface area contributed by atoms with Crippen LogP contribution >= 0.6 is 0 Å². The van der Waals surface area contributed by atoms with Crippen LogP contribution in [0.2, 0.25) is 0 Å². The highest BCUT2D eigenvalue weighted by Crippen LogP contribution is 2.30. The lowest BCUT2D eigenvalue weighted by Crippen LogP contribution is -2.66. The van der Waals surface area contributed by atoms with Crippen LogP contribution in [-0.2, 0) is 19.1 Å². The van der Waals surface area contributed by atoms with Gasteiger partial charge in [-0.1, -0.05) is 36.4 Å². The lowest BCUT2D eigenvalue weighted by molar-refractivity contribution is -0.249. The van der Waals surface area contributed by atoms with E-state index in [4.69, 9.17) is 14.2 Å². The van der Waals surface area contributed by atoms with Crippen LogP contribution in [0.25, 0.3) is 10.8 Å². The number of ether oxygens (including phenoxy) is 3. The molecule has 0 aromatic heterocycles. The predicted octanol–water partition coefficient (Wildman–Crippen LogP) is 0.733. The molecule has 150 valence electrons. The molecule has 0 radical (unpaired) electrons. The van der Waals surface area contributed by atoms with Crippen molar-refractivity contribution >= 4 is 22.6 Å². The van der Waals surface area contributed by atoms with Crippen LogP contribution in [0.15, 0.2) is 42.5 Å². The summed E-state index contributed by atoms with van der Waals surface area (Å²) in [6.45, 7) is 1.98. The predicted molar refractivity (Wildman–Crippen MR) is 99.5 cm³/mol. The number of carbonyl (C=O) groups excluding carboxylic acids is 2. The Morgan fingerprint density at radius 1 is 1.14 bits per heavy atom. The highest BCUT2D eigenvalue weighted by molar-refractivity contribution is 5.88. The third-order valence-electron chi connectivity index (χ3n) is 4.52. The Kier molecular flexibility index (Phi) is 6.13. The SMILES string of the molecule is CC(=O)N[C@@H]1[C@H](Oc2cccc3ccccc23)O[C@H](CO)[C@@H](O)[C@H]1OC(C)=O. The number of rotatable bonds is 5. The number of hydrogen-bond acceptors (Lipinski definition) is 7. The monoisotopic (exact) mass is 389 g/mol. The van der Waals surface area contributed by atoms with Crippen molar-refractivity contribution < 1.29 is 34.0 Å². The molecule has 0 saturated carbocycles. The van der Waals surface area contributed by atoms with Crippen LogP contribution in [0.5, 0.6) is 5.75 Å². The summed E-state index contributed by atoms with van der Waals surface area (Å²) in [6, 6.07) is 12.1. The van der Waals surface area contributed by atoms with Gasteiger partial charge >= 0.3 is 5.97 Å². The van der Waals surface area contributed by atoms with Crippen LogP contribution in [0.3, 0.4) is 0 Å². The molecule has 0 bridgehead atoms. The molecule has 0 unspecified atom stereocenters. The van der Waals surface area contributed by atoms with Gasteiger partial charge in [-0.2, -0.15) is 0 Å². The van der Waals surface area contributed by atoms with E-state index in [1.807, 2.05) is 36.4 Å². The van der Waals surface area contributed by atoms with E-state index in [9.17, 15) is 19.8 Å². The molecule has 1 amide bonds. The largest absolute Gasteiger partial charge is 0.462 e. The Hall–Kier alpha value is -2.68. The molecule has 3 N–H and O–H groups in total. The van der Waals surface area contributed by atoms with Crippen LogP contribution in [0.1, 0.15) is 13.8 Å². The lowest BCUT2D eigenvalue weighted by Gasteiger charge is -2.43. The summed E-state index contributed by atoms with van der Waals surface area (Å²) in [5, 5.41) is 24.4. The summed E-state index contributed by atoms with van der Waals surface area (Å²) in [5.41, 5.74) is 0. The molecule has 1 saturated heterocycles. The zero-order chi connectivity index (χ0) is 20.3. The number of benzene rings is 2. The second-order valence-electron chi connectivity index (χ2n) is 6.61. The Morgan fingerprint density at radius 3 is 2.54 bits per heavy atom. The number of amides is 1. The Morgan fingerprint density at radius 2 is 1.86 bits per heavy atom. The van der Waals surface area contributed by atoms with Gasteiger partial charge in [0.1, 0.15) is 24.0 Å². The van der Waals surface area contributed by atoms with E-state index in [1.54, 1.807) is 6.07 Å². The first-order valence-corrected chi connectivity index (χ1v) is 8.94. The lowest BCUT2D eigenvalue weighted by atomic mass is 9.96. The van der Waals surface area contributed by atoms with Gasteiger partial charge in [0.2, 0.25) is 12.2 Å². The second kappa shape index (κ2) is 8.55. The molecule has 8 heteroatoms. The van der Waals surface area contributed by atoms with E-state index in [1.165, 1.54) is 13.8 Å². The molecular formula is C20H23NO7. The Labute approximate surface area is 162 Å². The number of hydrogen-bond donors (Lipinski definition) is 3. The van der Waals surface area contributed by atoms with E-state index in [0.29, 0.717) is 5.75 Å². The fourth-order valence-electron chi connectivity index (χ4n) is 3.31. The second-order valence-corrected chi connectivity index (χ2v) is 6.61. The average molecular weight is 389 g/mol. The number of fused-ring (bicyclic) bond motifs is 1. The van der Waals surface area contributed by atoms with E-state index in [-0.39, 0.29) is 0 Å². The third kappa shape index (κ3) is 4.24. The Balaban J connectivity index is 1.96. The molecule has 2 aromatic carbocycles. The third-order valence-corrected chi connectivity index (χ3v) is 4.52. The number of aliphatic hydroxyl groups is 2. The molecule has 1 aliphatic rings.